The van der Waals surface area contributed by atoms with Crippen molar-refractivity contribution >= 4 is 180 Å². The summed E-state index contributed by atoms with van der Waals surface area (Å²) in [7, 11) is 0. The van der Waals surface area contributed by atoms with Gasteiger partial charge in [-0.25, -0.2) is 4.98 Å². The van der Waals surface area contributed by atoms with Crippen LogP contribution in [0.5, 0.6) is 5.75 Å². The Labute approximate surface area is 386 Å². The van der Waals surface area contributed by atoms with Crippen LogP contribution in [0.3, 0.4) is 0 Å². The number of phenols is 1. The number of rotatable bonds is 6. The van der Waals surface area contributed by atoms with Crippen molar-refractivity contribution in [1.82, 2.24) is 9.97 Å². The highest BCUT2D eigenvalue weighted by molar-refractivity contribution is 9.10. The number of H-pyrrole nitrogens is 1. The number of nitrogens with zero attached hydrogens (tertiary/aromatic N) is 1. The van der Waals surface area contributed by atoms with Crippen molar-refractivity contribution in [3.8, 4) is 5.75 Å². The molecule has 0 radical (unpaired) electrons. The van der Waals surface area contributed by atoms with Crippen molar-refractivity contribution in [3.63, 3.8) is 0 Å². The molecule has 0 unspecified atom stereocenters. The molecule has 0 aliphatic carbocycles. The second-order valence-electron chi connectivity index (χ2n) is 10.6. The molecule has 5 nitrogen and oxygen atoms in total. The predicted molar refractivity (Wildman–Crippen MR) is 248 cm³/mol. The summed E-state index contributed by atoms with van der Waals surface area (Å²) in [5.41, 5.74) is 14.3. The van der Waals surface area contributed by atoms with Crippen molar-refractivity contribution < 1.29 is 5.11 Å². The standard InChI is InChI=1S/C13H7Cl3N2S.C12H8BrCl2NS.C12H9Cl2NOS.2ClH/c14-7-1-2-12(8(15)3-7)19-13-5-11-10(4-9(13)16)17-6-18-11;13-9-6-8(16)2-4-11(9)17-12-3-1-7(14)5-10(12)15;13-8-2-1-3-11(12(8)14)17-10-5-4-7(15)6-9(10)16;;/h1-6H,(H,17,18);1-6H,16H2;1-6,16H,15H2;2*1H. The minimum Gasteiger partial charge on any atom is -0.507 e. The monoisotopic (exact) mass is 1030 g/mol. The van der Waals surface area contributed by atoms with Gasteiger partial charge in [0.05, 0.1) is 47.4 Å². The molecule has 55 heavy (non-hydrogen) atoms. The molecule has 6 N–H and O–H groups in total. The number of hydrogen-bond donors (Lipinski definition) is 4. The first-order valence-corrected chi connectivity index (χ1v) is 20.8. The minimum absolute atomic E-state index is 0. The minimum atomic E-state index is 0. The first kappa shape index (κ1) is 47.7. The molecule has 1 heterocycles. The van der Waals surface area contributed by atoms with Crippen LogP contribution in [0.15, 0.2) is 143 Å². The lowest BCUT2D eigenvalue weighted by Gasteiger charge is -2.07. The smallest absolute Gasteiger partial charge is 0.131 e. The molecule has 18 heteroatoms. The largest absolute Gasteiger partial charge is 0.507 e. The molecule has 288 valence electrons. The summed E-state index contributed by atoms with van der Waals surface area (Å²) in [4.78, 5) is 12.5. The highest BCUT2D eigenvalue weighted by Gasteiger charge is 2.11. The molecule has 0 saturated carbocycles. The number of anilines is 2. The topological polar surface area (TPSA) is 101 Å². The maximum Gasteiger partial charge on any atom is 0.131 e. The fraction of sp³-hybridized carbons (Fsp3) is 0. The fourth-order valence-electron chi connectivity index (χ4n) is 4.27. The summed E-state index contributed by atoms with van der Waals surface area (Å²) >= 11 is 50.1. The van der Waals surface area contributed by atoms with E-state index in [9.17, 15) is 5.11 Å². The van der Waals surface area contributed by atoms with Gasteiger partial charge in [-0.3, -0.25) is 0 Å². The molecule has 0 saturated heterocycles. The van der Waals surface area contributed by atoms with Gasteiger partial charge in [0.25, 0.3) is 0 Å². The first-order chi connectivity index (χ1) is 25.3. The molecule has 7 rings (SSSR count). The van der Waals surface area contributed by atoms with E-state index in [1.165, 1.54) is 29.6 Å². The van der Waals surface area contributed by atoms with Crippen molar-refractivity contribution in [2.45, 2.75) is 29.4 Å². The van der Waals surface area contributed by atoms with Crippen molar-refractivity contribution in [1.29, 1.82) is 0 Å². The van der Waals surface area contributed by atoms with E-state index >= 15 is 0 Å². The van der Waals surface area contributed by atoms with E-state index in [2.05, 4.69) is 25.9 Å². The van der Waals surface area contributed by atoms with E-state index in [1.54, 1.807) is 54.5 Å². The molecule has 0 aliphatic rings. The summed E-state index contributed by atoms with van der Waals surface area (Å²) in [6.45, 7) is 0. The number of aromatic nitrogens is 2. The third kappa shape index (κ3) is 13.7. The number of phenolic OH excluding ortho intramolecular Hbond substituents is 1. The quantitative estimate of drug-likeness (QED) is 0.123. The van der Waals surface area contributed by atoms with Gasteiger partial charge in [-0.2, -0.15) is 0 Å². The second-order valence-corrected chi connectivity index (χ2v) is 17.6. The number of aromatic amines is 1. The molecule has 1 aromatic heterocycles. The maximum absolute atomic E-state index is 9.74. The van der Waals surface area contributed by atoms with Crippen LogP contribution in [0.2, 0.25) is 35.2 Å². The number of hydrogen-bond acceptors (Lipinski definition) is 7. The molecule has 0 spiro atoms. The highest BCUT2D eigenvalue weighted by atomic mass is 79.9. The Bertz CT molecular complexity index is 2360. The summed E-state index contributed by atoms with van der Waals surface area (Å²) in [5.74, 6) is 0.131. The maximum atomic E-state index is 9.74. The Balaban J connectivity index is 0.000000218. The highest BCUT2D eigenvalue weighted by Crippen LogP contribution is 2.42. The van der Waals surface area contributed by atoms with E-state index in [4.69, 9.17) is 92.7 Å². The van der Waals surface area contributed by atoms with Crippen LogP contribution >= 0.6 is 157 Å². The Morgan fingerprint density at radius 1 is 0.545 bits per heavy atom. The van der Waals surface area contributed by atoms with E-state index in [0.29, 0.717) is 45.7 Å². The van der Waals surface area contributed by atoms with E-state index in [1.807, 2.05) is 60.7 Å². The first-order valence-electron chi connectivity index (χ1n) is 14.9. The van der Waals surface area contributed by atoms with Gasteiger partial charge in [0, 0.05) is 56.4 Å². The summed E-state index contributed by atoms with van der Waals surface area (Å²) < 4.78 is 0.952. The number of fused-ring (bicyclic) bond motifs is 1. The Morgan fingerprint density at radius 2 is 1.07 bits per heavy atom. The van der Waals surface area contributed by atoms with Crippen LogP contribution in [0, 0.1) is 0 Å². The molecule has 7 aromatic rings. The molecule has 0 fully saturated rings. The van der Waals surface area contributed by atoms with Gasteiger partial charge in [0.2, 0.25) is 0 Å². The van der Waals surface area contributed by atoms with Crippen molar-refractivity contribution in [3.05, 3.63) is 149 Å². The summed E-state index contributed by atoms with van der Waals surface area (Å²) in [5, 5.41) is 13.9. The van der Waals surface area contributed by atoms with Crippen molar-refractivity contribution in [2.24, 2.45) is 0 Å². The zero-order valence-corrected chi connectivity index (χ0v) is 38.5. The average Bonchev–Trinajstić information content (AvgIpc) is 3.56. The van der Waals surface area contributed by atoms with Gasteiger partial charge in [-0.05, 0) is 107 Å². The lowest BCUT2D eigenvalue weighted by atomic mass is 10.3. The lowest BCUT2D eigenvalue weighted by Crippen LogP contribution is -1.85. The number of aromatic hydroxyl groups is 1. The fourth-order valence-corrected chi connectivity index (χ4v) is 9.27. The molecule has 6 aromatic carbocycles. The second kappa shape index (κ2) is 22.5. The van der Waals surface area contributed by atoms with E-state index in [0.717, 1.165) is 45.7 Å². The van der Waals surface area contributed by atoms with Gasteiger partial charge < -0.3 is 21.6 Å². The Kier molecular flexibility index (Phi) is 19.5. The van der Waals surface area contributed by atoms with Crippen LogP contribution < -0.4 is 11.5 Å². The molecule has 0 amide bonds. The molecular formula is C37H26BrCl9N4OS3. The van der Waals surface area contributed by atoms with Gasteiger partial charge in [0.1, 0.15) is 5.75 Å². The average molecular weight is 1040 g/mol. The summed E-state index contributed by atoms with van der Waals surface area (Å²) in [6.07, 6.45) is 1.64. The third-order valence-corrected chi connectivity index (χ3v) is 13.8. The van der Waals surface area contributed by atoms with Crippen LogP contribution in [-0.2, 0) is 0 Å². The SMILES string of the molecule is Cl.Cl.Clc1ccc(Sc2cc3nc[nH]c3cc2Cl)c(Cl)c1.Nc1ccc(Sc2ccc(Cl)cc2Cl)c(Br)c1.Nc1ccc(Sc2cccc(Cl)c2Cl)c(O)c1. The molecule has 0 aliphatic heterocycles. The van der Waals surface area contributed by atoms with Crippen LogP contribution in [-0.4, -0.2) is 15.1 Å². The molecular weight excluding hydrogens is 1010 g/mol. The van der Waals surface area contributed by atoms with Crippen LogP contribution in [0.25, 0.3) is 11.0 Å². The van der Waals surface area contributed by atoms with Gasteiger partial charge in [-0.1, -0.05) is 123 Å². The zero-order chi connectivity index (χ0) is 38.2. The number of benzene rings is 6. The predicted octanol–water partition coefficient (Wildman–Crippen LogP) is 16.4. The number of imidazole rings is 1. The van der Waals surface area contributed by atoms with Crippen LogP contribution in [0.4, 0.5) is 11.4 Å². The van der Waals surface area contributed by atoms with Gasteiger partial charge in [-0.15, -0.1) is 24.8 Å². The number of nitrogens with two attached hydrogens (primary N) is 2. The Hall–Kier alpha value is -1.67. The number of halogens is 10. The normalized spacial score (nSPS) is 10.3. The van der Waals surface area contributed by atoms with E-state index < -0.39 is 0 Å². The zero-order valence-electron chi connectivity index (χ0n) is 27.5. The number of nitrogens with one attached hydrogen (secondary N) is 1. The van der Waals surface area contributed by atoms with Gasteiger partial charge in [0.15, 0.2) is 0 Å². The lowest BCUT2D eigenvalue weighted by molar-refractivity contribution is 0.463. The van der Waals surface area contributed by atoms with Crippen LogP contribution in [0.1, 0.15) is 0 Å². The molecule has 0 atom stereocenters. The van der Waals surface area contributed by atoms with Crippen molar-refractivity contribution in [2.75, 3.05) is 11.5 Å². The molecule has 0 bridgehead atoms. The third-order valence-electron chi connectivity index (χ3n) is 6.78. The number of nitrogen functional groups attached to an aromatic ring is 2. The Morgan fingerprint density at radius 3 is 1.65 bits per heavy atom. The van der Waals surface area contributed by atoms with E-state index in [-0.39, 0.29) is 30.6 Å². The summed E-state index contributed by atoms with van der Waals surface area (Å²) in [6, 6.07) is 30.7. The van der Waals surface area contributed by atoms with Gasteiger partial charge >= 0.3 is 0 Å².